The Morgan fingerprint density at radius 2 is 2.06 bits per heavy atom. The van der Waals surface area contributed by atoms with E-state index in [-0.39, 0.29) is 6.29 Å². The van der Waals surface area contributed by atoms with E-state index in [4.69, 9.17) is 17.3 Å². The summed E-state index contributed by atoms with van der Waals surface area (Å²) >= 11 is 0. The number of carbonyl (C=O) groups excluding carboxylic acids is 2. The summed E-state index contributed by atoms with van der Waals surface area (Å²) in [5, 5.41) is 36.4. The number of ether oxygens (including phenoxy) is 1. The Balaban J connectivity index is 4.58. The molecule has 0 aliphatic rings. The third-order valence-electron chi connectivity index (χ3n) is 1.96. The molecule has 0 saturated heterocycles. The number of rotatable bonds is 7. The van der Waals surface area contributed by atoms with Gasteiger partial charge in [0.25, 0.3) is 0 Å². The summed E-state index contributed by atoms with van der Waals surface area (Å²) in [6.07, 6.45) is -7.17. The van der Waals surface area contributed by atoms with Gasteiger partial charge in [-0.05, 0) is 6.90 Å². The number of nitrogens with two attached hydrogens (primary N) is 1. The van der Waals surface area contributed by atoms with Crippen LogP contribution in [0.1, 0.15) is 8.27 Å². The second kappa shape index (κ2) is 7.30. The molecule has 0 unspecified atom stereocenters. The lowest BCUT2D eigenvalue weighted by Gasteiger charge is -2.25. The third kappa shape index (κ3) is 4.75. The fourth-order valence-electron chi connectivity index (χ4n) is 0.929. The number of aliphatic hydroxyl groups excluding tert-OH is 4. The standard InChI is InChI=1S/C9H17NO7/c1-4(10)9(16)17-6(3-12)8(15)7(14)5(13)2-11/h3-8,11,13-15H,2,10H2,1H3/t4-,5+,6-,7+,8+/m0/s1/i1D. The predicted molar refractivity (Wildman–Crippen MR) is 54.7 cm³/mol. The first-order valence-corrected chi connectivity index (χ1v) is 4.74. The van der Waals surface area contributed by atoms with Gasteiger partial charge in [-0.3, -0.25) is 9.59 Å². The first-order chi connectivity index (χ1) is 8.38. The van der Waals surface area contributed by atoms with E-state index < -0.39 is 49.9 Å². The lowest BCUT2D eigenvalue weighted by molar-refractivity contribution is -0.168. The van der Waals surface area contributed by atoms with Gasteiger partial charge in [-0.15, -0.1) is 0 Å². The normalized spacial score (nSPS) is 20.6. The maximum atomic E-state index is 11.2. The van der Waals surface area contributed by atoms with Crippen LogP contribution in [0.3, 0.4) is 0 Å². The van der Waals surface area contributed by atoms with Gasteiger partial charge in [0.05, 0.1) is 6.61 Å². The Hall–Kier alpha value is -1.06. The van der Waals surface area contributed by atoms with E-state index in [1.54, 1.807) is 0 Å². The van der Waals surface area contributed by atoms with Gasteiger partial charge in [0.2, 0.25) is 0 Å². The monoisotopic (exact) mass is 252 g/mol. The summed E-state index contributed by atoms with van der Waals surface area (Å²) in [7, 11) is 0. The van der Waals surface area contributed by atoms with Gasteiger partial charge in [0, 0.05) is 1.37 Å². The predicted octanol–water partition coefficient (Wildman–Crippen LogP) is -3.48. The van der Waals surface area contributed by atoms with E-state index in [2.05, 4.69) is 4.74 Å². The highest BCUT2D eigenvalue weighted by molar-refractivity contribution is 5.77. The fraction of sp³-hybridized carbons (Fsp3) is 0.778. The zero-order chi connectivity index (χ0) is 14.3. The minimum absolute atomic E-state index is 0.0482. The fourth-order valence-corrected chi connectivity index (χ4v) is 0.929. The topological polar surface area (TPSA) is 150 Å². The first-order valence-electron chi connectivity index (χ1n) is 5.45. The van der Waals surface area contributed by atoms with E-state index in [1.807, 2.05) is 0 Å². The number of carbonyl (C=O) groups is 2. The molecule has 0 aliphatic carbocycles. The highest BCUT2D eigenvalue weighted by Gasteiger charge is 2.33. The summed E-state index contributed by atoms with van der Waals surface area (Å²) in [5.74, 6) is -1.09. The lowest BCUT2D eigenvalue weighted by atomic mass is 10.0. The highest BCUT2D eigenvalue weighted by Crippen LogP contribution is 2.07. The molecular formula is C9H17NO7. The molecule has 100 valence electrons. The van der Waals surface area contributed by atoms with E-state index in [9.17, 15) is 19.8 Å². The van der Waals surface area contributed by atoms with Crippen molar-refractivity contribution in [3.8, 4) is 0 Å². The van der Waals surface area contributed by atoms with Crippen LogP contribution in [0, 0.1) is 0 Å². The van der Waals surface area contributed by atoms with Gasteiger partial charge in [0.1, 0.15) is 24.4 Å². The Kier molecular flexibility index (Phi) is 6.01. The molecule has 5 atom stereocenters. The van der Waals surface area contributed by atoms with Crippen molar-refractivity contribution >= 4 is 12.3 Å². The number of aliphatic hydroxyl groups is 4. The second-order valence-electron chi connectivity index (χ2n) is 3.38. The molecule has 0 radical (unpaired) electrons. The van der Waals surface area contributed by atoms with Crippen LogP contribution in [-0.2, 0) is 14.3 Å². The number of aldehydes is 1. The van der Waals surface area contributed by atoms with Crippen LogP contribution in [0.15, 0.2) is 0 Å². The maximum absolute atomic E-state index is 11.2. The molecule has 0 aromatic rings. The van der Waals surface area contributed by atoms with Crippen molar-refractivity contribution in [1.82, 2.24) is 0 Å². The van der Waals surface area contributed by atoms with Gasteiger partial charge < -0.3 is 30.9 Å². The molecule has 0 amide bonds. The molecule has 6 N–H and O–H groups in total. The summed E-state index contributed by atoms with van der Waals surface area (Å²) in [5.41, 5.74) is 5.17. The molecule has 8 heteroatoms. The largest absolute Gasteiger partial charge is 0.451 e. The molecule has 0 saturated carbocycles. The molecule has 0 aromatic heterocycles. The molecule has 0 rings (SSSR count). The second-order valence-corrected chi connectivity index (χ2v) is 3.38. The zero-order valence-electron chi connectivity index (χ0n) is 9.97. The van der Waals surface area contributed by atoms with E-state index >= 15 is 0 Å². The SMILES string of the molecule is [2H]C[C@H](N)C(=O)O[C@@H](C=O)[C@@H](O)[C@H](O)[C@H](O)CO. The molecule has 0 aliphatic heterocycles. The molecule has 0 fully saturated rings. The lowest BCUT2D eigenvalue weighted by Crippen LogP contribution is -2.49. The summed E-state index contributed by atoms with van der Waals surface area (Å²) < 4.78 is 11.3. The van der Waals surface area contributed by atoms with Crippen LogP contribution in [-0.4, -0.2) is 69.7 Å². The molecule has 0 heterocycles. The maximum Gasteiger partial charge on any atom is 0.323 e. The smallest absolute Gasteiger partial charge is 0.323 e. The zero-order valence-corrected chi connectivity index (χ0v) is 8.97. The number of hydrogen-bond donors (Lipinski definition) is 5. The van der Waals surface area contributed by atoms with E-state index in [0.717, 1.165) is 0 Å². The minimum atomic E-state index is -1.91. The summed E-state index contributed by atoms with van der Waals surface area (Å²) in [4.78, 5) is 21.8. The van der Waals surface area contributed by atoms with Crippen molar-refractivity contribution in [2.75, 3.05) is 6.61 Å². The summed E-state index contributed by atoms with van der Waals surface area (Å²) in [6, 6.07) is -1.28. The Morgan fingerprint density at radius 3 is 2.47 bits per heavy atom. The van der Waals surface area contributed by atoms with Crippen LogP contribution in [0.25, 0.3) is 0 Å². The average molecular weight is 252 g/mol. The van der Waals surface area contributed by atoms with Crippen molar-refractivity contribution in [3.05, 3.63) is 0 Å². The van der Waals surface area contributed by atoms with Crippen LogP contribution >= 0.6 is 0 Å². The van der Waals surface area contributed by atoms with E-state index in [1.165, 1.54) is 0 Å². The molecule has 0 bridgehead atoms. The van der Waals surface area contributed by atoms with Gasteiger partial charge in [-0.25, -0.2) is 0 Å². The number of hydrogen-bond acceptors (Lipinski definition) is 8. The van der Waals surface area contributed by atoms with Crippen LogP contribution in [0.4, 0.5) is 0 Å². The van der Waals surface area contributed by atoms with Gasteiger partial charge in [-0.1, -0.05) is 0 Å². The Morgan fingerprint density at radius 1 is 1.47 bits per heavy atom. The van der Waals surface area contributed by atoms with Crippen molar-refractivity contribution < 1.29 is 36.1 Å². The minimum Gasteiger partial charge on any atom is -0.451 e. The summed E-state index contributed by atoms with van der Waals surface area (Å²) in [6.45, 7) is -1.31. The molecule has 0 aromatic carbocycles. The van der Waals surface area contributed by atoms with Gasteiger partial charge in [0.15, 0.2) is 12.4 Å². The van der Waals surface area contributed by atoms with Crippen molar-refractivity contribution in [2.24, 2.45) is 5.73 Å². The molecule has 0 spiro atoms. The van der Waals surface area contributed by atoms with Crippen LogP contribution in [0.2, 0.25) is 0 Å². The molecule has 8 nitrogen and oxygen atoms in total. The third-order valence-corrected chi connectivity index (χ3v) is 1.96. The Bertz CT molecular complexity index is 278. The quantitative estimate of drug-likeness (QED) is 0.231. The van der Waals surface area contributed by atoms with Crippen molar-refractivity contribution in [1.29, 1.82) is 0 Å². The molecule has 17 heavy (non-hydrogen) atoms. The van der Waals surface area contributed by atoms with E-state index in [0.29, 0.717) is 0 Å². The first kappa shape index (κ1) is 14.0. The van der Waals surface area contributed by atoms with Crippen LogP contribution < -0.4 is 5.73 Å². The van der Waals surface area contributed by atoms with Crippen LogP contribution in [0.5, 0.6) is 0 Å². The number of esters is 1. The van der Waals surface area contributed by atoms with Crippen molar-refractivity contribution in [2.45, 2.75) is 37.4 Å². The van der Waals surface area contributed by atoms with Gasteiger partial charge >= 0.3 is 5.97 Å². The average Bonchev–Trinajstić information content (AvgIpc) is 2.40. The Labute approximate surface area is 99.0 Å². The highest BCUT2D eigenvalue weighted by atomic mass is 16.6. The van der Waals surface area contributed by atoms with Gasteiger partial charge in [-0.2, -0.15) is 0 Å². The van der Waals surface area contributed by atoms with Crippen molar-refractivity contribution in [3.63, 3.8) is 0 Å². The molecular weight excluding hydrogens is 234 g/mol.